The number of nitrogens with zero attached hydrogens (tertiary/aromatic N) is 2. The first kappa shape index (κ1) is 18.5. The normalized spacial score (nSPS) is 10.7. The number of rotatable bonds is 6. The van der Waals surface area contributed by atoms with Gasteiger partial charge in [0.2, 0.25) is 5.91 Å². The second-order valence-corrected chi connectivity index (χ2v) is 4.89. The molecular formula is C15H17ClN4O3. The monoisotopic (exact) mass is 336 g/mol. The Bertz CT molecular complexity index is 667. The lowest BCUT2D eigenvalue weighted by Crippen LogP contribution is -2.30. The lowest BCUT2D eigenvalue weighted by molar-refractivity contribution is -0.126. The number of nitrogens with one attached hydrogen (secondary N) is 1. The molecule has 0 saturated carbocycles. The fraction of sp³-hybridized carbons (Fsp3) is 0.267. The van der Waals surface area contributed by atoms with Crippen molar-refractivity contribution in [1.82, 2.24) is 4.90 Å². The zero-order chi connectivity index (χ0) is 17.4. The number of halogens is 1. The van der Waals surface area contributed by atoms with E-state index in [0.29, 0.717) is 16.5 Å². The Balaban J connectivity index is 3.04. The molecule has 1 rings (SSSR count). The molecule has 2 amide bonds. The van der Waals surface area contributed by atoms with Gasteiger partial charge in [0.05, 0.1) is 12.8 Å². The van der Waals surface area contributed by atoms with Crippen molar-refractivity contribution in [3.05, 3.63) is 35.0 Å². The van der Waals surface area contributed by atoms with Crippen molar-refractivity contribution in [2.45, 2.75) is 6.92 Å². The number of ether oxygens (including phenoxy) is 1. The standard InChI is InChI=1S/C15H17ClN4O3/c1-10(21)20(6-5-17)9-11(8-18)15(22)19-13-7-12(16)3-4-14(13)23-2/h3-4,7,9H,5-6,17H2,1-2H3,(H,19,22)/b11-9-. The van der Waals surface area contributed by atoms with Gasteiger partial charge in [0, 0.05) is 31.2 Å². The van der Waals surface area contributed by atoms with Crippen LogP contribution < -0.4 is 15.8 Å². The van der Waals surface area contributed by atoms with Gasteiger partial charge < -0.3 is 20.7 Å². The van der Waals surface area contributed by atoms with E-state index in [2.05, 4.69) is 5.32 Å². The van der Waals surface area contributed by atoms with E-state index in [4.69, 9.17) is 27.3 Å². The van der Waals surface area contributed by atoms with E-state index in [0.717, 1.165) is 0 Å². The number of amides is 2. The Hall–Kier alpha value is -2.56. The molecule has 0 radical (unpaired) electrons. The third-order valence-electron chi connectivity index (χ3n) is 2.83. The van der Waals surface area contributed by atoms with E-state index in [1.165, 1.54) is 31.2 Å². The number of nitrogens with two attached hydrogens (primary N) is 1. The van der Waals surface area contributed by atoms with Gasteiger partial charge in [-0.2, -0.15) is 5.26 Å². The van der Waals surface area contributed by atoms with Gasteiger partial charge in [-0.05, 0) is 18.2 Å². The predicted molar refractivity (Wildman–Crippen MR) is 86.8 cm³/mol. The average molecular weight is 337 g/mol. The van der Waals surface area contributed by atoms with Crippen molar-refractivity contribution >= 4 is 29.1 Å². The Morgan fingerprint density at radius 3 is 2.74 bits per heavy atom. The highest BCUT2D eigenvalue weighted by atomic mass is 35.5. The summed E-state index contributed by atoms with van der Waals surface area (Å²) in [5, 5.41) is 12.1. The molecule has 0 aliphatic heterocycles. The number of hydrogen-bond acceptors (Lipinski definition) is 5. The van der Waals surface area contributed by atoms with E-state index in [1.54, 1.807) is 18.2 Å². The highest BCUT2D eigenvalue weighted by molar-refractivity contribution is 6.31. The van der Waals surface area contributed by atoms with Crippen molar-refractivity contribution in [2.24, 2.45) is 5.73 Å². The van der Waals surface area contributed by atoms with E-state index in [1.807, 2.05) is 0 Å². The van der Waals surface area contributed by atoms with Crippen molar-refractivity contribution in [3.63, 3.8) is 0 Å². The summed E-state index contributed by atoms with van der Waals surface area (Å²) in [6, 6.07) is 6.45. The van der Waals surface area contributed by atoms with Crippen LogP contribution >= 0.6 is 11.6 Å². The first-order valence-electron chi connectivity index (χ1n) is 6.67. The van der Waals surface area contributed by atoms with Gasteiger partial charge in [-0.3, -0.25) is 9.59 Å². The maximum absolute atomic E-state index is 12.2. The Morgan fingerprint density at radius 2 is 2.22 bits per heavy atom. The maximum atomic E-state index is 12.2. The molecule has 0 spiro atoms. The minimum Gasteiger partial charge on any atom is -0.495 e. The van der Waals surface area contributed by atoms with Crippen LogP contribution in [0.25, 0.3) is 0 Å². The second kappa shape index (κ2) is 8.78. The molecule has 0 aromatic heterocycles. The summed E-state index contributed by atoms with van der Waals surface area (Å²) >= 11 is 5.88. The fourth-order valence-electron chi connectivity index (χ4n) is 1.71. The van der Waals surface area contributed by atoms with Gasteiger partial charge in [-0.1, -0.05) is 11.6 Å². The summed E-state index contributed by atoms with van der Waals surface area (Å²) in [6.07, 6.45) is 1.17. The van der Waals surface area contributed by atoms with Crippen molar-refractivity contribution in [3.8, 4) is 11.8 Å². The van der Waals surface area contributed by atoms with Crippen LogP contribution in [0.2, 0.25) is 5.02 Å². The number of carbonyl (C=O) groups is 2. The molecule has 0 saturated heterocycles. The third kappa shape index (κ3) is 5.29. The Kier molecular flexibility index (Phi) is 7.06. The maximum Gasteiger partial charge on any atom is 0.267 e. The number of nitriles is 1. The van der Waals surface area contributed by atoms with Crippen LogP contribution in [0.5, 0.6) is 5.75 Å². The Morgan fingerprint density at radius 1 is 1.52 bits per heavy atom. The number of benzene rings is 1. The number of methoxy groups -OCH3 is 1. The first-order valence-corrected chi connectivity index (χ1v) is 7.04. The molecule has 0 aliphatic carbocycles. The summed E-state index contributed by atoms with van der Waals surface area (Å²) in [5.74, 6) is -0.613. The molecular weight excluding hydrogens is 320 g/mol. The molecule has 7 nitrogen and oxygen atoms in total. The number of anilines is 1. The Labute approximate surface area is 139 Å². The summed E-state index contributed by atoms with van der Waals surface area (Å²) in [5.41, 5.74) is 5.48. The average Bonchev–Trinajstić information content (AvgIpc) is 2.51. The molecule has 1 aromatic carbocycles. The van der Waals surface area contributed by atoms with Crippen LogP contribution in [-0.2, 0) is 9.59 Å². The fourth-order valence-corrected chi connectivity index (χ4v) is 1.89. The zero-order valence-electron chi connectivity index (χ0n) is 12.8. The van der Waals surface area contributed by atoms with Crippen molar-refractivity contribution in [1.29, 1.82) is 5.26 Å². The molecule has 8 heteroatoms. The minimum atomic E-state index is -0.684. The molecule has 0 aliphatic rings. The van der Waals surface area contributed by atoms with Crippen LogP contribution in [0.4, 0.5) is 5.69 Å². The SMILES string of the molecule is COc1ccc(Cl)cc1NC(=O)/C(C#N)=C\N(CCN)C(C)=O. The third-order valence-corrected chi connectivity index (χ3v) is 3.07. The van der Waals surface area contributed by atoms with Crippen LogP contribution in [-0.4, -0.2) is 36.9 Å². The van der Waals surface area contributed by atoms with Gasteiger partial charge in [0.1, 0.15) is 17.4 Å². The van der Waals surface area contributed by atoms with Crippen LogP contribution in [0.15, 0.2) is 30.0 Å². The predicted octanol–water partition coefficient (Wildman–Crippen LogP) is 1.50. The molecule has 3 N–H and O–H groups in total. The first-order chi connectivity index (χ1) is 10.9. The lowest BCUT2D eigenvalue weighted by atomic mass is 10.2. The molecule has 0 atom stereocenters. The van der Waals surface area contributed by atoms with Gasteiger partial charge in [0.15, 0.2) is 0 Å². The number of carbonyl (C=O) groups excluding carboxylic acids is 2. The summed E-state index contributed by atoms with van der Waals surface area (Å²) < 4.78 is 5.12. The number of hydrogen-bond donors (Lipinski definition) is 2. The van der Waals surface area contributed by atoms with E-state index >= 15 is 0 Å². The van der Waals surface area contributed by atoms with Crippen LogP contribution in [0.1, 0.15) is 6.92 Å². The van der Waals surface area contributed by atoms with E-state index in [-0.39, 0.29) is 24.6 Å². The quantitative estimate of drug-likeness (QED) is 0.604. The molecule has 0 unspecified atom stereocenters. The largest absolute Gasteiger partial charge is 0.495 e. The van der Waals surface area contributed by atoms with Crippen LogP contribution in [0, 0.1) is 11.3 Å². The van der Waals surface area contributed by atoms with Crippen molar-refractivity contribution in [2.75, 3.05) is 25.5 Å². The zero-order valence-corrected chi connectivity index (χ0v) is 13.6. The highest BCUT2D eigenvalue weighted by Gasteiger charge is 2.15. The summed E-state index contributed by atoms with van der Waals surface area (Å²) in [7, 11) is 1.44. The van der Waals surface area contributed by atoms with Gasteiger partial charge in [0.25, 0.3) is 5.91 Å². The van der Waals surface area contributed by atoms with E-state index < -0.39 is 5.91 Å². The molecule has 1 aromatic rings. The molecule has 0 heterocycles. The van der Waals surface area contributed by atoms with Gasteiger partial charge in [-0.25, -0.2) is 0 Å². The van der Waals surface area contributed by atoms with E-state index in [9.17, 15) is 9.59 Å². The molecule has 122 valence electrons. The smallest absolute Gasteiger partial charge is 0.267 e. The van der Waals surface area contributed by atoms with Crippen molar-refractivity contribution < 1.29 is 14.3 Å². The second-order valence-electron chi connectivity index (χ2n) is 4.45. The lowest BCUT2D eigenvalue weighted by Gasteiger charge is -2.16. The highest BCUT2D eigenvalue weighted by Crippen LogP contribution is 2.28. The summed E-state index contributed by atoms with van der Waals surface area (Å²) in [6.45, 7) is 1.73. The molecule has 23 heavy (non-hydrogen) atoms. The topological polar surface area (TPSA) is 108 Å². The minimum absolute atomic E-state index is 0.203. The summed E-state index contributed by atoms with van der Waals surface area (Å²) in [4.78, 5) is 24.9. The molecule has 0 bridgehead atoms. The van der Waals surface area contributed by atoms with Gasteiger partial charge >= 0.3 is 0 Å². The van der Waals surface area contributed by atoms with Gasteiger partial charge in [-0.15, -0.1) is 0 Å². The van der Waals surface area contributed by atoms with Crippen LogP contribution in [0.3, 0.4) is 0 Å². The molecule has 0 fully saturated rings.